The minimum absolute atomic E-state index is 0.631. The van der Waals surface area contributed by atoms with E-state index in [-0.39, 0.29) is 0 Å². The van der Waals surface area contributed by atoms with Crippen molar-refractivity contribution in [2.45, 2.75) is 53.6 Å². The number of hydrogen-bond acceptors (Lipinski definition) is 3. The molecule has 3 heterocycles. The second-order valence-corrected chi connectivity index (χ2v) is 8.17. The van der Waals surface area contributed by atoms with E-state index in [9.17, 15) is 0 Å². The summed E-state index contributed by atoms with van der Waals surface area (Å²) in [4.78, 5) is 8.09. The van der Waals surface area contributed by atoms with E-state index in [0.717, 1.165) is 12.1 Å². The number of piperidine rings is 1. The second kappa shape index (κ2) is 5.29. The Hall–Kier alpha value is -1.45. The summed E-state index contributed by atoms with van der Waals surface area (Å²) in [6.45, 7) is 0. The van der Waals surface area contributed by atoms with Gasteiger partial charge < -0.3 is 9.80 Å². The number of fused-ring (bicyclic) bond motifs is 4. The number of nitrogens with zero attached hydrogens (tertiary/aromatic N) is 2. The molecule has 2 saturated heterocycles. The molecule has 2 fully saturated rings. The lowest BCUT2D eigenvalue weighted by molar-refractivity contribution is 0.162. The zero-order chi connectivity index (χ0) is 15.4. The fourth-order valence-corrected chi connectivity index (χ4v) is 5.79. The van der Waals surface area contributed by atoms with Crippen molar-refractivity contribution < 1.29 is 0 Å². The minimum Gasteiger partial charge on any atom is -0.336 e. The standard InChI is InChI=1S/C20H22N2S/c1-21-14-10-11-15(21)13-16(12-14)22-17-6-2-4-8-19(17)23-20-9-5-3-7-18(20)22/h2-9,14-16H,10-13H2,1H3. The van der Waals surface area contributed by atoms with Crippen LogP contribution < -0.4 is 4.90 Å². The highest BCUT2D eigenvalue weighted by Crippen LogP contribution is 2.51. The Morgan fingerprint density at radius 2 is 1.30 bits per heavy atom. The van der Waals surface area contributed by atoms with Gasteiger partial charge in [0.25, 0.3) is 0 Å². The van der Waals surface area contributed by atoms with E-state index in [0.29, 0.717) is 6.04 Å². The van der Waals surface area contributed by atoms with Crippen molar-refractivity contribution >= 4 is 23.1 Å². The Labute approximate surface area is 142 Å². The number of benzene rings is 2. The molecule has 2 bridgehead atoms. The van der Waals surface area contributed by atoms with Crippen LogP contribution in [0.5, 0.6) is 0 Å². The van der Waals surface area contributed by atoms with E-state index in [2.05, 4.69) is 65.4 Å². The van der Waals surface area contributed by atoms with Gasteiger partial charge in [0.05, 0.1) is 11.4 Å². The molecule has 3 heteroatoms. The number of rotatable bonds is 1. The van der Waals surface area contributed by atoms with Crippen LogP contribution in [0.15, 0.2) is 58.3 Å². The average molecular weight is 322 g/mol. The van der Waals surface area contributed by atoms with Gasteiger partial charge in [-0.05, 0) is 57.0 Å². The Morgan fingerprint density at radius 3 is 1.87 bits per heavy atom. The third kappa shape index (κ3) is 2.14. The summed E-state index contributed by atoms with van der Waals surface area (Å²) in [5.41, 5.74) is 2.82. The lowest BCUT2D eigenvalue weighted by Gasteiger charge is -2.45. The predicted molar refractivity (Wildman–Crippen MR) is 96.7 cm³/mol. The Kier molecular flexibility index (Phi) is 3.20. The Balaban J connectivity index is 1.60. The van der Waals surface area contributed by atoms with Gasteiger partial charge in [-0.3, -0.25) is 0 Å². The molecule has 0 N–H and O–H groups in total. The van der Waals surface area contributed by atoms with Gasteiger partial charge in [0, 0.05) is 27.9 Å². The molecule has 2 aromatic carbocycles. The molecule has 2 aromatic rings. The summed E-state index contributed by atoms with van der Waals surface area (Å²) in [5, 5.41) is 0. The summed E-state index contributed by atoms with van der Waals surface area (Å²) >= 11 is 1.92. The van der Waals surface area contributed by atoms with Crippen LogP contribution in [0.3, 0.4) is 0 Å². The maximum absolute atomic E-state index is 2.65. The van der Waals surface area contributed by atoms with Crippen molar-refractivity contribution in [3.05, 3.63) is 48.5 Å². The first-order chi connectivity index (χ1) is 11.3. The summed E-state index contributed by atoms with van der Waals surface area (Å²) in [7, 11) is 2.33. The van der Waals surface area contributed by atoms with Crippen LogP contribution in [0, 0.1) is 0 Å². The quantitative estimate of drug-likeness (QED) is 0.736. The van der Waals surface area contributed by atoms with Crippen LogP contribution in [-0.4, -0.2) is 30.1 Å². The van der Waals surface area contributed by atoms with Gasteiger partial charge in [-0.2, -0.15) is 0 Å². The van der Waals surface area contributed by atoms with Crippen LogP contribution in [0.4, 0.5) is 11.4 Å². The first-order valence-corrected chi connectivity index (χ1v) is 9.50. The largest absolute Gasteiger partial charge is 0.336 e. The van der Waals surface area contributed by atoms with Gasteiger partial charge in [-0.1, -0.05) is 36.0 Å². The van der Waals surface area contributed by atoms with Crippen LogP contribution in [0.1, 0.15) is 25.7 Å². The SMILES string of the molecule is CN1C2CCC1CC(N1c3ccccc3Sc3ccccc31)C2. The van der Waals surface area contributed by atoms with Crippen molar-refractivity contribution in [2.75, 3.05) is 11.9 Å². The van der Waals surface area contributed by atoms with Crippen molar-refractivity contribution in [1.82, 2.24) is 4.90 Å². The molecule has 0 radical (unpaired) electrons. The van der Waals surface area contributed by atoms with Crippen LogP contribution in [-0.2, 0) is 0 Å². The molecular formula is C20H22N2S. The van der Waals surface area contributed by atoms with E-state index < -0.39 is 0 Å². The zero-order valence-corrected chi connectivity index (χ0v) is 14.3. The Morgan fingerprint density at radius 1 is 0.783 bits per heavy atom. The lowest BCUT2D eigenvalue weighted by Crippen LogP contribution is -2.48. The van der Waals surface area contributed by atoms with E-state index in [1.54, 1.807) is 0 Å². The van der Waals surface area contributed by atoms with E-state index in [4.69, 9.17) is 0 Å². The maximum atomic E-state index is 2.65. The number of para-hydroxylation sites is 2. The molecule has 23 heavy (non-hydrogen) atoms. The summed E-state index contributed by atoms with van der Waals surface area (Å²) in [5.74, 6) is 0. The first kappa shape index (κ1) is 13.9. The molecule has 2 unspecified atom stereocenters. The molecule has 0 aromatic heterocycles. The third-order valence-electron chi connectivity index (χ3n) is 5.91. The zero-order valence-electron chi connectivity index (χ0n) is 13.5. The van der Waals surface area contributed by atoms with Crippen LogP contribution >= 0.6 is 11.8 Å². The van der Waals surface area contributed by atoms with Gasteiger partial charge in [-0.25, -0.2) is 0 Å². The van der Waals surface area contributed by atoms with E-state index in [1.165, 1.54) is 46.8 Å². The highest BCUT2D eigenvalue weighted by molar-refractivity contribution is 7.99. The number of anilines is 2. The van der Waals surface area contributed by atoms with Crippen molar-refractivity contribution in [3.8, 4) is 0 Å². The molecule has 0 aliphatic carbocycles. The minimum atomic E-state index is 0.631. The summed E-state index contributed by atoms with van der Waals surface area (Å²) in [6, 6.07) is 20.0. The van der Waals surface area contributed by atoms with E-state index >= 15 is 0 Å². The number of hydrogen-bond donors (Lipinski definition) is 0. The van der Waals surface area contributed by atoms with E-state index in [1.807, 2.05) is 11.8 Å². The highest BCUT2D eigenvalue weighted by atomic mass is 32.2. The maximum Gasteiger partial charge on any atom is 0.0555 e. The fourth-order valence-electron chi connectivity index (χ4n) is 4.72. The molecule has 3 aliphatic rings. The van der Waals surface area contributed by atoms with Gasteiger partial charge in [0.2, 0.25) is 0 Å². The Bertz CT molecular complexity index is 684. The lowest BCUT2D eigenvalue weighted by atomic mass is 9.95. The van der Waals surface area contributed by atoms with Crippen LogP contribution in [0.2, 0.25) is 0 Å². The highest BCUT2D eigenvalue weighted by Gasteiger charge is 2.42. The molecule has 3 aliphatic heterocycles. The van der Waals surface area contributed by atoms with Gasteiger partial charge in [-0.15, -0.1) is 0 Å². The van der Waals surface area contributed by atoms with Gasteiger partial charge >= 0.3 is 0 Å². The molecule has 2 atom stereocenters. The molecule has 5 rings (SSSR count). The smallest absolute Gasteiger partial charge is 0.0555 e. The van der Waals surface area contributed by atoms with Gasteiger partial charge in [0.15, 0.2) is 0 Å². The molecule has 0 spiro atoms. The third-order valence-corrected chi connectivity index (χ3v) is 7.04. The first-order valence-electron chi connectivity index (χ1n) is 8.68. The topological polar surface area (TPSA) is 6.48 Å². The molecule has 0 saturated carbocycles. The summed E-state index contributed by atoms with van der Waals surface area (Å²) < 4.78 is 0. The van der Waals surface area contributed by atoms with Crippen molar-refractivity contribution in [1.29, 1.82) is 0 Å². The fraction of sp³-hybridized carbons (Fsp3) is 0.400. The molecule has 118 valence electrons. The molecule has 0 amide bonds. The average Bonchev–Trinajstić information content (AvgIpc) is 2.81. The van der Waals surface area contributed by atoms with Crippen molar-refractivity contribution in [3.63, 3.8) is 0 Å². The second-order valence-electron chi connectivity index (χ2n) is 7.08. The van der Waals surface area contributed by atoms with Crippen molar-refractivity contribution in [2.24, 2.45) is 0 Å². The van der Waals surface area contributed by atoms with Gasteiger partial charge in [0.1, 0.15) is 0 Å². The molecular weight excluding hydrogens is 300 g/mol. The predicted octanol–water partition coefficient (Wildman–Crippen LogP) is 4.91. The van der Waals surface area contributed by atoms with Crippen LogP contribution in [0.25, 0.3) is 0 Å². The normalized spacial score (nSPS) is 29.3. The molecule has 2 nitrogen and oxygen atoms in total. The summed E-state index contributed by atoms with van der Waals surface area (Å²) in [6.07, 6.45) is 5.34. The monoisotopic (exact) mass is 322 g/mol.